The highest BCUT2D eigenvalue weighted by Gasteiger charge is 2.30. The standard InChI is InChI=1S/C14H19ClFN/c1-2-9-3-6-14(17)12(7-9)11-5-4-10(15)8-13(11)16/h4-5,8-9,12,14H,2-3,6-7,17H2,1H3. The van der Waals surface area contributed by atoms with Crippen molar-refractivity contribution in [3.05, 3.63) is 34.6 Å². The van der Waals surface area contributed by atoms with Crippen molar-refractivity contribution in [2.45, 2.75) is 44.6 Å². The van der Waals surface area contributed by atoms with E-state index in [4.69, 9.17) is 17.3 Å². The predicted molar refractivity (Wildman–Crippen MR) is 69.8 cm³/mol. The quantitative estimate of drug-likeness (QED) is 0.846. The van der Waals surface area contributed by atoms with Gasteiger partial charge < -0.3 is 5.73 Å². The van der Waals surface area contributed by atoms with Crippen LogP contribution in [0.25, 0.3) is 0 Å². The van der Waals surface area contributed by atoms with Gasteiger partial charge in [0.1, 0.15) is 5.82 Å². The molecule has 1 fully saturated rings. The molecule has 1 aliphatic carbocycles. The van der Waals surface area contributed by atoms with Crippen molar-refractivity contribution in [1.82, 2.24) is 0 Å². The molecule has 0 bridgehead atoms. The van der Waals surface area contributed by atoms with E-state index in [9.17, 15) is 4.39 Å². The minimum absolute atomic E-state index is 0.0773. The second kappa shape index (κ2) is 5.36. The van der Waals surface area contributed by atoms with E-state index in [1.165, 1.54) is 12.5 Å². The van der Waals surface area contributed by atoms with E-state index in [-0.39, 0.29) is 17.8 Å². The normalized spacial score (nSPS) is 29.3. The summed E-state index contributed by atoms with van der Waals surface area (Å²) in [6.45, 7) is 2.19. The number of benzene rings is 1. The molecule has 1 aromatic carbocycles. The van der Waals surface area contributed by atoms with Crippen LogP contribution >= 0.6 is 11.6 Å². The van der Waals surface area contributed by atoms with Crippen LogP contribution in [0.3, 0.4) is 0 Å². The summed E-state index contributed by atoms with van der Waals surface area (Å²) in [7, 11) is 0. The zero-order chi connectivity index (χ0) is 12.4. The van der Waals surface area contributed by atoms with Gasteiger partial charge in [-0.05, 0) is 42.9 Å². The lowest BCUT2D eigenvalue weighted by Crippen LogP contribution is -2.34. The summed E-state index contributed by atoms with van der Waals surface area (Å²) in [6, 6.07) is 5.01. The number of hydrogen-bond acceptors (Lipinski definition) is 1. The van der Waals surface area contributed by atoms with Crippen LogP contribution in [0.1, 0.15) is 44.1 Å². The molecule has 0 aliphatic heterocycles. The van der Waals surface area contributed by atoms with Gasteiger partial charge in [0.15, 0.2) is 0 Å². The number of hydrogen-bond donors (Lipinski definition) is 1. The van der Waals surface area contributed by atoms with E-state index in [2.05, 4.69) is 6.92 Å². The molecule has 2 rings (SSSR count). The lowest BCUT2D eigenvalue weighted by Gasteiger charge is -2.34. The van der Waals surface area contributed by atoms with Gasteiger partial charge in [0.25, 0.3) is 0 Å². The van der Waals surface area contributed by atoms with Gasteiger partial charge in [-0.1, -0.05) is 31.0 Å². The molecule has 0 spiro atoms. The molecule has 0 saturated heterocycles. The molecule has 2 N–H and O–H groups in total. The van der Waals surface area contributed by atoms with Gasteiger partial charge in [0.2, 0.25) is 0 Å². The van der Waals surface area contributed by atoms with Crippen molar-refractivity contribution in [1.29, 1.82) is 0 Å². The van der Waals surface area contributed by atoms with E-state index < -0.39 is 0 Å². The predicted octanol–water partition coefficient (Wildman–Crippen LogP) is 4.10. The summed E-state index contributed by atoms with van der Waals surface area (Å²) >= 11 is 5.78. The Balaban J connectivity index is 2.24. The minimum atomic E-state index is -0.213. The average molecular weight is 256 g/mol. The van der Waals surface area contributed by atoms with Crippen LogP contribution in [0.5, 0.6) is 0 Å². The van der Waals surface area contributed by atoms with E-state index in [1.807, 2.05) is 0 Å². The van der Waals surface area contributed by atoms with E-state index in [1.54, 1.807) is 12.1 Å². The van der Waals surface area contributed by atoms with Crippen LogP contribution in [0.15, 0.2) is 18.2 Å². The molecule has 94 valence electrons. The first-order valence-corrected chi connectivity index (χ1v) is 6.70. The van der Waals surface area contributed by atoms with E-state index in [0.717, 1.165) is 24.8 Å². The largest absolute Gasteiger partial charge is 0.327 e. The molecule has 1 saturated carbocycles. The monoisotopic (exact) mass is 255 g/mol. The summed E-state index contributed by atoms with van der Waals surface area (Å²) in [4.78, 5) is 0. The number of rotatable bonds is 2. The summed E-state index contributed by atoms with van der Waals surface area (Å²) < 4.78 is 13.9. The lowest BCUT2D eigenvalue weighted by molar-refractivity contribution is 0.278. The third kappa shape index (κ3) is 2.80. The highest BCUT2D eigenvalue weighted by atomic mass is 35.5. The Labute approximate surface area is 107 Å². The molecule has 1 aromatic rings. The molecule has 0 aromatic heterocycles. The molecular weight excluding hydrogens is 237 g/mol. The fraction of sp³-hybridized carbons (Fsp3) is 0.571. The van der Waals surface area contributed by atoms with Crippen LogP contribution in [0.2, 0.25) is 5.02 Å². The van der Waals surface area contributed by atoms with Crippen LogP contribution in [0.4, 0.5) is 4.39 Å². The van der Waals surface area contributed by atoms with E-state index >= 15 is 0 Å². The maximum atomic E-state index is 13.9. The van der Waals surface area contributed by atoms with Gasteiger partial charge in [0, 0.05) is 17.0 Å². The van der Waals surface area contributed by atoms with Crippen LogP contribution in [-0.4, -0.2) is 6.04 Å². The van der Waals surface area contributed by atoms with Crippen molar-refractivity contribution in [2.75, 3.05) is 0 Å². The molecule has 17 heavy (non-hydrogen) atoms. The molecule has 1 aliphatic rings. The number of nitrogens with two attached hydrogens (primary N) is 1. The average Bonchev–Trinajstić information content (AvgIpc) is 2.30. The van der Waals surface area contributed by atoms with Gasteiger partial charge in [-0.3, -0.25) is 0 Å². The van der Waals surface area contributed by atoms with E-state index in [0.29, 0.717) is 10.9 Å². The third-order valence-electron chi connectivity index (χ3n) is 3.95. The van der Waals surface area contributed by atoms with Gasteiger partial charge in [-0.2, -0.15) is 0 Å². The molecule has 3 unspecified atom stereocenters. The molecule has 3 atom stereocenters. The summed E-state index contributed by atoms with van der Waals surface area (Å²) in [5.74, 6) is 0.607. The van der Waals surface area contributed by atoms with Crippen molar-refractivity contribution < 1.29 is 4.39 Å². The topological polar surface area (TPSA) is 26.0 Å². The first-order valence-electron chi connectivity index (χ1n) is 6.32. The first-order chi connectivity index (χ1) is 8.11. The Bertz CT molecular complexity index is 394. The second-order valence-corrected chi connectivity index (χ2v) is 5.46. The van der Waals surface area contributed by atoms with Crippen molar-refractivity contribution in [3.63, 3.8) is 0 Å². The van der Waals surface area contributed by atoms with Gasteiger partial charge in [-0.25, -0.2) is 4.39 Å². The zero-order valence-corrected chi connectivity index (χ0v) is 10.9. The Hall–Kier alpha value is -0.600. The lowest BCUT2D eigenvalue weighted by atomic mass is 9.74. The molecule has 3 heteroatoms. The Morgan fingerprint density at radius 2 is 2.18 bits per heavy atom. The SMILES string of the molecule is CCC1CCC(N)C(c2ccc(Cl)cc2F)C1. The minimum Gasteiger partial charge on any atom is -0.327 e. The smallest absolute Gasteiger partial charge is 0.128 e. The third-order valence-corrected chi connectivity index (χ3v) is 4.19. The van der Waals surface area contributed by atoms with Crippen LogP contribution < -0.4 is 5.73 Å². The summed E-state index contributed by atoms with van der Waals surface area (Å²) in [5.41, 5.74) is 6.87. The first kappa shape index (κ1) is 12.8. The molecule has 0 heterocycles. The fourth-order valence-corrected chi connectivity index (χ4v) is 2.97. The highest BCUT2D eigenvalue weighted by Crippen LogP contribution is 2.38. The van der Waals surface area contributed by atoms with Gasteiger partial charge in [0.05, 0.1) is 0 Å². The summed E-state index contributed by atoms with van der Waals surface area (Å²) in [6.07, 6.45) is 4.31. The van der Waals surface area contributed by atoms with Crippen LogP contribution in [-0.2, 0) is 0 Å². The van der Waals surface area contributed by atoms with Crippen LogP contribution in [0, 0.1) is 11.7 Å². The fourth-order valence-electron chi connectivity index (χ4n) is 2.81. The molecule has 1 nitrogen and oxygen atoms in total. The van der Waals surface area contributed by atoms with Crippen molar-refractivity contribution in [2.24, 2.45) is 11.7 Å². The van der Waals surface area contributed by atoms with Gasteiger partial charge in [-0.15, -0.1) is 0 Å². The number of halogens is 2. The summed E-state index contributed by atoms with van der Waals surface area (Å²) in [5, 5.41) is 0.447. The maximum Gasteiger partial charge on any atom is 0.128 e. The Morgan fingerprint density at radius 1 is 1.41 bits per heavy atom. The second-order valence-electron chi connectivity index (χ2n) is 5.02. The Kier molecular flexibility index (Phi) is 4.05. The molecule has 0 amide bonds. The van der Waals surface area contributed by atoms with Gasteiger partial charge >= 0.3 is 0 Å². The Morgan fingerprint density at radius 3 is 2.82 bits per heavy atom. The molecular formula is C14H19ClFN. The molecule has 0 radical (unpaired) electrons. The van der Waals surface area contributed by atoms with Crippen molar-refractivity contribution in [3.8, 4) is 0 Å². The highest BCUT2D eigenvalue weighted by molar-refractivity contribution is 6.30. The maximum absolute atomic E-state index is 13.9. The zero-order valence-electron chi connectivity index (χ0n) is 10.1. The van der Waals surface area contributed by atoms with Crippen molar-refractivity contribution >= 4 is 11.6 Å².